The SMILES string of the molecule is CC1Cc2ccccc2N1C(=O)Nc1ccccc1N1CCOCC1. The number of hydrogen-bond acceptors (Lipinski definition) is 3. The maximum absolute atomic E-state index is 13.0. The summed E-state index contributed by atoms with van der Waals surface area (Å²) in [4.78, 5) is 17.1. The van der Waals surface area contributed by atoms with Crippen LogP contribution < -0.4 is 15.1 Å². The Morgan fingerprint density at radius 1 is 1.04 bits per heavy atom. The van der Waals surface area contributed by atoms with Gasteiger partial charge in [0.05, 0.1) is 24.6 Å². The lowest BCUT2D eigenvalue weighted by Gasteiger charge is -2.31. The number of amides is 2. The highest BCUT2D eigenvalue weighted by Crippen LogP contribution is 2.33. The molecule has 1 N–H and O–H groups in total. The predicted octanol–water partition coefficient (Wildman–Crippen LogP) is 3.51. The van der Waals surface area contributed by atoms with Crippen LogP contribution in [-0.4, -0.2) is 38.4 Å². The van der Waals surface area contributed by atoms with Gasteiger partial charge in [0.2, 0.25) is 0 Å². The lowest BCUT2D eigenvalue weighted by atomic mass is 10.1. The van der Waals surface area contributed by atoms with Crippen LogP contribution >= 0.6 is 0 Å². The number of nitrogens with zero attached hydrogens (tertiary/aromatic N) is 2. The normalized spacial score (nSPS) is 19.6. The lowest BCUT2D eigenvalue weighted by molar-refractivity contribution is 0.123. The molecule has 2 aliphatic rings. The van der Waals surface area contributed by atoms with Crippen molar-refractivity contribution in [2.45, 2.75) is 19.4 Å². The smallest absolute Gasteiger partial charge is 0.326 e. The molecule has 2 aromatic rings. The second-order valence-corrected chi connectivity index (χ2v) is 6.60. The average molecular weight is 337 g/mol. The van der Waals surface area contributed by atoms with Gasteiger partial charge in [-0.2, -0.15) is 0 Å². The minimum absolute atomic E-state index is 0.0711. The van der Waals surface area contributed by atoms with Gasteiger partial charge in [-0.05, 0) is 37.1 Å². The molecule has 1 fully saturated rings. The first-order chi connectivity index (χ1) is 12.2. The fourth-order valence-corrected chi connectivity index (χ4v) is 3.71. The van der Waals surface area contributed by atoms with Crippen LogP contribution in [0.3, 0.4) is 0 Å². The number of rotatable bonds is 2. The van der Waals surface area contributed by atoms with Crippen molar-refractivity contribution >= 4 is 23.1 Å². The number of carbonyl (C=O) groups excluding carboxylic acids is 1. The molecule has 2 aromatic carbocycles. The van der Waals surface area contributed by atoms with Crippen LogP contribution in [0.25, 0.3) is 0 Å². The van der Waals surface area contributed by atoms with Crippen molar-refractivity contribution in [1.82, 2.24) is 0 Å². The minimum Gasteiger partial charge on any atom is -0.378 e. The number of anilines is 3. The van der Waals surface area contributed by atoms with Gasteiger partial charge in [-0.1, -0.05) is 30.3 Å². The van der Waals surface area contributed by atoms with Crippen LogP contribution in [0.4, 0.5) is 21.9 Å². The maximum Gasteiger partial charge on any atom is 0.326 e. The molecule has 4 rings (SSSR count). The molecule has 0 aliphatic carbocycles. The number of hydrogen-bond donors (Lipinski definition) is 1. The fourth-order valence-electron chi connectivity index (χ4n) is 3.71. The number of fused-ring (bicyclic) bond motifs is 1. The summed E-state index contributed by atoms with van der Waals surface area (Å²) in [5, 5.41) is 3.13. The predicted molar refractivity (Wildman–Crippen MR) is 101 cm³/mol. The Labute approximate surface area is 148 Å². The van der Waals surface area contributed by atoms with Crippen LogP contribution in [0.1, 0.15) is 12.5 Å². The zero-order valence-electron chi connectivity index (χ0n) is 14.4. The standard InChI is InChI=1S/C20H23N3O2/c1-15-14-16-6-2-4-8-18(16)23(15)20(24)21-17-7-3-5-9-19(17)22-10-12-25-13-11-22/h2-9,15H,10-14H2,1H3,(H,21,24). The molecule has 1 saturated heterocycles. The van der Waals surface area contributed by atoms with Gasteiger partial charge in [-0.3, -0.25) is 4.90 Å². The highest BCUT2D eigenvalue weighted by atomic mass is 16.5. The van der Waals surface area contributed by atoms with Crippen molar-refractivity contribution in [3.05, 3.63) is 54.1 Å². The molecule has 0 saturated carbocycles. The van der Waals surface area contributed by atoms with Gasteiger partial charge in [0.1, 0.15) is 0 Å². The molecule has 2 heterocycles. The first kappa shape index (κ1) is 16.0. The van der Waals surface area contributed by atoms with Crippen LogP contribution in [0.2, 0.25) is 0 Å². The molecule has 25 heavy (non-hydrogen) atoms. The molecule has 2 aliphatic heterocycles. The Bertz CT molecular complexity index is 771. The minimum atomic E-state index is -0.0711. The van der Waals surface area contributed by atoms with E-state index in [-0.39, 0.29) is 12.1 Å². The number of benzene rings is 2. The van der Waals surface area contributed by atoms with Crippen molar-refractivity contribution in [3.63, 3.8) is 0 Å². The first-order valence-electron chi connectivity index (χ1n) is 8.84. The Hall–Kier alpha value is -2.53. The largest absolute Gasteiger partial charge is 0.378 e. The fraction of sp³-hybridized carbons (Fsp3) is 0.350. The van der Waals surface area contributed by atoms with E-state index in [1.807, 2.05) is 41.3 Å². The third-order valence-corrected chi connectivity index (χ3v) is 4.92. The van der Waals surface area contributed by atoms with Crippen molar-refractivity contribution in [1.29, 1.82) is 0 Å². The van der Waals surface area contributed by atoms with Crippen molar-refractivity contribution in [3.8, 4) is 0 Å². The molecular formula is C20H23N3O2. The number of urea groups is 1. The van der Waals surface area contributed by atoms with Gasteiger partial charge >= 0.3 is 6.03 Å². The topological polar surface area (TPSA) is 44.8 Å². The first-order valence-corrected chi connectivity index (χ1v) is 8.84. The van der Waals surface area contributed by atoms with Gasteiger partial charge < -0.3 is 15.0 Å². The number of ether oxygens (including phenoxy) is 1. The Kier molecular flexibility index (Phi) is 4.32. The van der Waals surface area contributed by atoms with Crippen LogP contribution in [0.15, 0.2) is 48.5 Å². The summed E-state index contributed by atoms with van der Waals surface area (Å²) in [6.45, 7) is 5.22. The van der Waals surface area contributed by atoms with E-state index in [1.165, 1.54) is 5.56 Å². The third-order valence-electron chi connectivity index (χ3n) is 4.92. The molecule has 5 nitrogen and oxygen atoms in total. The van der Waals surface area contributed by atoms with E-state index in [1.54, 1.807) is 0 Å². The zero-order chi connectivity index (χ0) is 17.2. The highest BCUT2D eigenvalue weighted by molar-refractivity contribution is 6.05. The van der Waals surface area contributed by atoms with Crippen LogP contribution in [0, 0.1) is 0 Å². The summed E-state index contributed by atoms with van der Waals surface area (Å²) in [7, 11) is 0. The lowest BCUT2D eigenvalue weighted by Crippen LogP contribution is -2.40. The van der Waals surface area contributed by atoms with E-state index in [0.717, 1.165) is 49.8 Å². The second-order valence-electron chi connectivity index (χ2n) is 6.60. The molecular weight excluding hydrogens is 314 g/mol. The quantitative estimate of drug-likeness (QED) is 0.912. The summed E-state index contributed by atoms with van der Waals surface area (Å²) in [6.07, 6.45) is 0.898. The average Bonchev–Trinajstić information content (AvgIpc) is 2.98. The summed E-state index contributed by atoms with van der Waals surface area (Å²) in [6, 6.07) is 16.2. The Morgan fingerprint density at radius 2 is 1.72 bits per heavy atom. The van der Waals surface area contributed by atoms with Gasteiger partial charge in [-0.25, -0.2) is 4.79 Å². The van der Waals surface area contributed by atoms with Crippen LogP contribution in [0.5, 0.6) is 0 Å². The van der Waals surface area contributed by atoms with Gasteiger partial charge in [0.25, 0.3) is 0 Å². The number of nitrogens with one attached hydrogen (secondary N) is 1. The molecule has 1 atom stereocenters. The zero-order valence-corrected chi connectivity index (χ0v) is 14.4. The number of para-hydroxylation sites is 3. The van der Waals surface area contributed by atoms with Crippen LogP contribution in [-0.2, 0) is 11.2 Å². The van der Waals surface area contributed by atoms with E-state index < -0.39 is 0 Å². The van der Waals surface area contributed by atoms with E-state index in [2.05, 4.69) is 29.3 Å². The van der Waals surface area contributed by atoms with Gasteiger partial charge in [0, 0.05) is 24.8 Å². The molecule has 0 aromatic heterocycles. The molecule has 0 radical (unpaired) electrons. The molecule has 0 bridgehead atoms. The number of carbonyl (C=O) groups is 1. The summed E-state index contributed by atoms with van der Waals surface area (Å²) in [5.41, 5.74) is 4.15. The van der Waals surface area contributed by atoms with Gasteiger partial charge in [0.15, 0.2) is 0 Å². The Balaban J connectivity index is 1.57. The monoisotopic (exact) mass is 337 g/mol. The van der Waals surface area contributed by atoms with E-state index in [9.17, 15) is 4.79 Å². The summed E-state index contributed by atoms with van der Waals surface area (Å²) >= 11 is 0. The molecule has 130 valence electrons. The van der Waals surface area contributed by atoms with E-state index in [4.69, 9.17) is 4.74 Å². The van der Waals surface area contributed by atoms with E-state index in [0.29, 0.717) is 0 Å². The number of morpholine rings is 1. The second kappa shape index (κ2) is 6.76. The maximum atomic E-state index is 13.0. The van der Waals surface area contributed by atoms with Crippen molar-refractivity contribution < 1.29 is 9.53 Å². The van der Waals surface area contributed by atoms with Crippen molar-refractivity contribution in [2.24, 2.45) is 0 Å². The van der Waals surface area contributed by atoms with Crippen molar-refractivity contribution in [2.75, 3.05) is 41.4 Å². The molecule has 2 amide bonds. The Morgan fingerprint density at radius 3 is 2.52 bits per heavy atom. The van der Waals surface area contributed by atoms with E-state index >= 15 is 0 Å². The summed E-state index contributed by atoms with van der Waals surface area (Å²) in [5.74, 6) is 0. The molecule has 1 unspecified atom stereocenters. The van der Waals surface area contributed by atoms with Gasteiger partial charge in [-0.15, -0.1) is 0 Å². The third kappa shape index (κ3) is 3.07. The molecule has 5 heteroatoms. The highest BCUT2D eigenvalue weighted by Gasteiger charge is 2.31. The summed E-state index contributed by atoms with van der Waals surface area (Å²) < 4.78 is 5.44. The molecule has 0 spiro atoms.